The number of nitro groups is 2. The van der Waals surface area contributed by atoms with Crippen molar-refractivity contribution in [3.05, 3.63) is 79.4 Å². The molecule has 0 spiro atoms. The van der Waals surface area contributed by atoms with Gasteiger partial charge in [0.25, 0.3) is 11.4 Å². The molecule has 0 fully saturated rings. The van der Waals surface area contributed by atoms with Crippen LogP contribution < -0.4 is 5.73 Å². The standard InChI is InChI=1S/C23H26F2N4O6S/c1-2-23(27-13-36,19-11-16(29(34)35)5-8-21(19)25)12-17(30)6-3-14(9-22(26)31)18-10-15(28(32)33)4-7-20(18)24/h4-5,7-8,10-11,14,17,22,30-31H,2-3,6,9,12,26H2,1H3/t14?,17?,22?,23-/m0/s1. The van der Waals surface area contributed by atoms with E-state index in [1.165, 1.54) is 0 Å². The molecule has 4 N–H and O–H groups in total. The zero-order chi connectivity index (χ0) is 27.0. The summed E-state index contributed by atoms with van der Waals surface area (Å²) in [5.41, 5.74) is 3.15. The largest absolute Gasteiger partial charge is 0.393 e. The number of thiocarbonyl (C=S) groups is 1. The van der Waals surface area contributed by atoms with E-state index < -0.39 is 45.3 Å². The van der Waals surface area contributed by atoms with E-state index in [0.29, 0.717) is 0 Å². The molecule has 0 amide bonds. The highest BCUT2D eigenvalue weighted by Crippen LogP contribution is 2.39. The highest BCUT2D eigenvalue weighted by molar-refractivity contribution is 7.78. The number of nitro benzene ring substituents is 2. The number of hydrogen-bond donors (Lipinski definition) is 3. The molecule has 0 bridgehead atoms. The fraction of sp³-hybridized carbons (Fsp3) is 0.435. The van der Waals surface area contributed by atoms with Crippen molar-refractivity contribution in [3.8, 4) is 0 Å². The van der Waals surface area contributed by atoms with E-state index in [1.54, 1.807) is 6.92 Å². The number of aliphatic hydroxyl groups excluding tert-OH is 2. The molecular weight excluding hydrogens is 498 g/mol. The normalized spacial score (nSPS) is 15.3. The predicted molar refractivity (Wildman–Crippen MR) is 131 cm³/mol. The molecule has 2 rings (SSSR count). The molecule has 4 atom stereocenters. The van der Waals surface area contributed by atoms with Crippen molar-refractivity contribution in [2.75, 3.05) is 0 Å². The van der Waals surface area contributed by atoms with Crippen molar-refractivity contribution in [2.45, 2.75) is 62.8 Å². The summed E-state index contributed by atoms with van der Waals surface area (Å²) in [6.45, 7) is 1.65. The summed E-state index contributed by atoms with van der Waals surface area (Å²) in [6, 6.07) is 5.99. The molecule has 0 saturated heterocycles. The number of nitrogens with two attached hydrogens (primary N) is 1. The van der Waals surface area contributed by atoms with Crippen LogP contribution >= 0.6 is 12.2 Å². The second-order valence-corrected chi connectivity index (χ2v) is 8.59. The zero-order valence-corrected chi connectivity index (χ0v) is 20.2. The molecule has 0 aliphatic heterocycles. The van der Waals surface area contributed by atoms with Crippen molar-refractivity contribution in [1.29, 1.82) is 0 Å². The lowest BCUT2D eigenvalue weighted by molar-refractivity contribution is -0.385. The van der Waals surface area contributed by atoms with Gasteiger partial charge in [-0.2, -0.15) is 0 Å². The van der Waals surface area contributed by atoms with Gasteiger partial charge in [-0.05, 0) is 61.5 Å². The molecule has 0 aromatic heterocycles. The molecule has 13 heteroatoms. The third-order valence-corrected chi connectivity index (χ3v) is 6.18. The van der Waals surface area contributed by atoms with Crippen LogP contribution in [0.1, 0.15) is 56.1 Å². The molecule has 3 unspecified atom stereocenters. The van der Waals surface area contributed by atoms with E-state index in [-0.39, 0.29) is 54.6 Å². The third-order valence-electron chi connectivity index (χ3n) is 6.08. The molecular formula is C23H26F2N4O6S. The number of hydrogen-bond acceptors (Lipinski definition) is 9. The Morgan fingerprint density at radius 1 is 1.08 bits per heavy atom. The SMILES string of the molecule is CC[C@@](CC(O)CCC(CC(N)O)c1cc([N+](=O)[O-])ccc1F)(N=C=S)c1cc([N+](=O)[O-])ccc1F. The smallest absolute Gasteiger partial charge is 0.270 e. The quantitative estimate of drug-likeness (QED) is 0.113. The Morgan fingerprint density at radius 2 is 1.67 bits per heavy atom. The summed E-state index contributed by atoms with van der Waals surface area (Å²) in [4.78, 5) is 25.1. The van der Waals surface area contributed by atoms with E-state index >= 15 is 0 Å². The lowest BCUT2D eigenvalue weighted by atomic mass is 9.80. The number of non-ortho nitro benzene ring substituents is 2. The van der Waals surface area contributed by atoms with Crippen molar-refractivity contribution in [1.82, 2.24) is 0 Å². The Kier molecular flexibility index (Phi) is 10.2. The van der Waals surface area contributed by atoms with Crippen LogP contribution in [0.15, 0.2) is 41.4 Å². The number of aliphatic hydroxyl groups is 2. The molecule has 36 heavy (non-hydrogen) atoms. The van der Waals surface area contributed by atoms with Gasteiger partial charge in [0.1, 0.15) is 23.4 Å². The Hall–Kier alpha value is -3.22. The molecule has 0 saturated carbocycles. The Bertz CT molecular complexity index is 1160. The summed E-state index contributed by atoms with van der Waals surface area (Å²) in [5.74, 6) is -2.28. The summed E-state index contributed by atoms with van der Waals surface area (Å²) < 4.78 is 29.3. The lowest BCUT2D eigenvalue weighted by Gasteiger charge is -2.31. The Morgan fingerprint density at radius 3 is 2.19 bits per heavy atom. The molecule has 10 nitrogen and oxygen atoms in total. The fourth-order valence-corrected chi connectivity index (χ4v) is 4.41. The number of nitrogens with zero attached hydrogens (tertiary/aromatic N) is 3. The lowest BCUT2D eigenvalue weighted by Crippen LogP contribution is -2.30. The van der Waals surface area contributed by atoms with Crippen LogP contribution in [0.4, 0.5) is 20.2 Å². The minimum Gasteiger partial charge on any atom is -0.393 e. The van der Waals surface area contributed by atoms with Crippen LogP contribution in [-0.4, -0.2) is 37.6 Å². The van der Waals surface area contributed by atoms with Gasteiger partial charge < -0.3 is 15.9 Å². The average Bonchev–Trinajstić information content (AvgIpc) is 2.81. The Balaban J connectivity index is 2.34. The molecule has 0 radical (unpaired) electrons. The second-order valence-electron chi connectivity index (χ2n) is 8.41. The fourth-order valence-electron chi connectivity index (χ4n) is 4.24. The number of halogens is 2. The molecule has 2 aromatic carbocycles. The van der Waals surface area contributed by atoms with Gasteiger partial charge in [0.2, 0.25) is 0 Å². The highest BCUT2D eigenvalue weighted by atomic mass is 32.1. The third kappa shape index (κ3) is 7.15. The van der Waals surface area contributed by atoms with Crippen LogP contribution in [0.5, 0.6) is 0 Å². The van der Waals surface area contributed by atoms with Crippen molar-refractivity contribution in [2.24, 2.45) is 10.7 Å². The van der Waals surface area contributed by atoms with Gasteiger partial charge in [-0.1, -0.05) is 6.92 Å². The molecule has 194 valence electrons. The first kappa shape index (κ1) is 29.0. The van der Waals surface area contributed by atoms with Crippen LogP contribution in [0.3, 0.4) is 0 Å². The van der Waals surface area contributed by atoms with Crippen LogP contribution in [0.25, 0.3) is 0 Å². The van der Waals surface area contributed by atoms with Gasteiger partial charge >= 0.3 is 0 Å². The van der Waals surface area contributed by atoms with Crippen LogP contribution in [0.2, 0.25) is 0 Å². The maximum absolute atomic E-state index is 14.8. The van der Waals surface area contributed by atoms with Gasteiger partial charge in [-0.15, -0.1) is 0 Å². The molecule has 0 aliphatic rings. The maximum atomic E-state index is 14.8. The first-order valence-corrected chi connectivity index (χ1v) is 11.4. The number of rotatable bonds is 13. The van der Waals surface area contributed by atoms with Crippen LogP contribution in [-0.2, 0) is 5.54 Å². The van der Waals surface area contributed by atoms with Crippen molar-refractivity contribution in [3.63, 3.8) is 0 Å². The monoisotopic (exact) mass is 524 g/mol. The van der Waals surface area contributed by atoms with Crippen molar-refractivity contribution >= 4 is 28.8 Å². The second kappa shape index (κ2) is 12.7. The maximum Gasteiger partial charge on any atom is 0.270 e. The number of isothiocyanates is 1. The first-order chi connectivity index (χ1) is 16.9. The zero-order valence-electron chi connectivity index (χ0n) is 19.3. The van der Waals surface area contributed by atoms with E-state index in [2.05, 4.69) is 10.2 Å². The summed E-state index contributed by atoms with van der Waals surface area (Å²) in [7, 11) is 0. The van der Waals surface area contributed by atoms with Crippen LogP contribution in [0, 0.1) is 31.9 Å². The van der Waals surface area contributed by atoms with Gasteiger partial charge in [0.05, 0.1) is 21.1 Å². The van der Waals surface area contributed by atoms with E-state index in [1.807, 2.05) is 0 Å². The Labute approximate surface area is 210 Å². The van der Waals surface area contributed by atoms with Gasteiger partial charge in [0, 0.05) is 36.2 Å². The highest BCUT2D eigenvalue weighted by Gasteiger charge is 2.36. The van der Waals surface area contributed by atoms with E-state index in [9.17, 15) is 39.2 Å². The van der Waals surface area contributed by atoms with E-state index in [4.69, 9.17) is 18.0 Å². The average molecular weight is 525 g/mol. The summed E-state index contributed by atoms with van der Waals surface area (Å²) in [5, 5.41) is 45.1. The minimum atomic E-state index is -1.46. The number of aliphatic imine (C=N–C) groups is 1. The molecule has 0 heterocycles. The predicted octanol–water partition coefficient (Wildman–Crippen LogP) is 4.47. The van der Waals surface area contributed by atoms with Crippen molar-refractivity contribution < 1.29 is 28.8 Å². The summed E-state index contributed by atoms with van der Waals surface area (Å²) in [6.07, 6.45) is -2.68. The van der Waals surface area contributed by atoms with Gasteiger partial charge in [-0.25, -0.2) is 13.8 Å². The van der Waals surface area contributed by atoms with E-state index in [0.717, 1.165) is 36.4 Å². The molecule has 2 aromatic rings. The minimum absolute atomic E-state index is 0.00916. The topological polar surface area (TPSA) is 165 Å². The molecule has 0 aliphatic carbocycles. The first-order valence-electron chi connectivity index (χ1n) is 11.0. The van der Waals surface area contributed by atoms with Gasteiger partial charge in [0.15, 0.2) is 0 Å². The van der Waals surface area contributed by atoms with Gasteiger partial charge in [-0.3, -0.25) is 20.2 Å². The number of benzene rings is 2. The summed E-state index contributed by atoms with van der Waals surface area (Å²) >= 11 is 4.72.